The molecule has 2 nitrogen and oxygen atoms in total. The highest BCUT2D eigenvalue weighted by atomic mass is 35.5. The zero-order chi connectivity index (χ0) is 19.8. The highest BCUT2D eigenvalue weighted by Gasteiger charge is 2.35. The van der Waals surface area contributed by atoms with Crippen molar-refractivity contribution in [1.82, 2.24) is 9.38 Å². The van der Waals surface area contributed by atoms with Crippen molar-refractivity contribution < 1.29 is 0 Å². The Kier molecular flexibility index (Phi) is 3.31. The predicted octanol–water partition coefficient (Wildman–Crippen LogP) is 7.38. The lowest BCUT2D eigenvalue weighted by molar-refractivity contribution is 0.749. The van der Waals surface area contributed by atoms with Crippen LogP contribution in [0.5, 0.6) is 0 Å². The van der Waals surface area contributed by atoms with Crippen LogP contribution in [0, 0.1) is 0 Å². The average molecular weight is 407 g/mol. The lowest BCUT2D eigenvalue weighted by Crippen LogP contribution is -2.17. The van der Waals surface area contributed by atoms with E-state index >= 15 is 0 Å². The van der Waals surface area contributed by atoms with Gasteiger partial charge in [-0.1, -0.05) is 66.2 Å². The van der Waals surface area contributed by atoms with E-state index < -0.39 is 0 Å². The van der Waals surface area contributed by atoms with Crippen molar-refractivity contribution in [3.63, 3.8) is 0 Å². The van der Waals surface area contributed by atoms with Gasteiger partial charge in [-0.15, -0.1) is 0 Å². The van der Waals surface area contributed by atoms with Crippen molar-refractivity contribution in [3.8, 4) is 0 Å². The first kappa shape index (κ1) is 16.7. The summed E-state index contributed by atoms with van der Waals surface area (Å²) in [6, 6.07) is 14.8. The van der Waals surface area contributed by atoms with Gasteiger partial charge < -0.3 is 0 Å². The van der Waals surface area contributed by atoms with Crippen LogP contribution in [-0.2, 0) is 0 Å². The van der Waals surface area contributed by atoms with Crippen molar-refractivity contribution in [2.45, 2.75) is 25.2 Å². The smallest absolute Gasteiger partial charge is 0.146 e. The Hall–Kier alpha value is -3.10. The molecule has 0 saturated carbocycles. The van der Waals surface area contributed by atoms with Crippen molar-refractivity contribution in [1.29, 1.82) is 0 Å². The quantitative estimate of drug-likeness (QED) is 0.278. The third-order valence-electron chi connectivity index (χ3n) is 6.83. The van der Waals surface area contributed by atoms with E-state index in [2.05, 4.69) is 71.2 Å². The normalized spacial score (nSPS) is 19.9. The highest BCUT2D eigenvalue weighted by molar-refractivity contribution is 6.32. The maximum Gasteiger partial charge on any atom is 0.146 e. The van der Waals surface area contributed by atoms with Crippen LogP contribution in [0.25, 0.3) is 32.9 Å². The van der Waals surface area contributed by atoms with Crippen LogP contribution in [0.4, 0.5) is 0 Å². The molecule has 0 radical (unpaired) electrons. The first-order valence-corrected chi connectivity index (χ1v) is 11.0. The van der Waals surface area contributed by atoms with Gasteiger partial charge in [0.2, 0.25) is 0 Å². The maximum atomic E-state index is 6.43. The van der Waals surface area contributed by atoms with E-state index in [1.807, 2.05) is 6.07 Å². The zero-order valence-electron chi connectivity index (χ0n) is 16.4. The van der Waals surface area contributed by atoms with Crippen LogP contribution < -0.4 is 0 Å². The molecule has 1 atom stereocenters. The Balaban J connectivity index is 1.73. The zero-order valence-corrected chi connectivity index (χ0v) is 17.2. The first-order valence-electron chi connectivity index (χ1n) is 10.6. The van der Waals surface area contributed by atoms with Gasteiger partial charge in [0, 0.05) is 27.3 Å². The minimum atomic E-state index is 0.344. The number of allylic oxidation sites excluding steroid dienone is 8. The number of rotatable bonds is 0. The summed E-state index contributed by atoms with van der Waals surface area (Å²) in [7, 11) is 0. The summed E-state index contributed by atoms with van der Waals surface area (Å²) in [5.41, 5.74) is 9.00. The number of aromatic nitrogens is 2. The fourth-order valence-corrected chi connectivity index (χ4v) is 5.74. The summed E-state index contributed by atoms with van der Waals surface area (Å²) in [4.78, 5) is 5.32. The van der Waals surface area contributed by atoms with Crippen molar-refractivity contribution in [2.75, 3.05) is 0 Å². The predicted molar refractivity (Wildman–Crippen MR) is 125 cm³/mol. The Morgan fingerprint density at radius 1 is 1.00 bits per heavy atom. The van der Waals surface area contributed by atoms with Crippen LogP contribution in [0.1, 0.15) is 36.6 Å². The molecule has 0 aliphatic heterocycles. The molecule has 3 aliphatic carbocycles. The number of benzene rings is 2. The van der Waals surface area contributed by atoms with Gasteiger partial charge in [0.05, 0.1) is 16.9 Å². The van der Waals surface area contributed by atoms with Gasteiger partial charge in [-0.05, 0) is 54.0 Å². The third-order valence-corrected chi connectivity index (χ3v) is 7.06. The summed E-state index contributed by atoms with van der Waals surface area (Å²) in [6.07, 6.45) is 14.7. The Morgan fingerprint density at radius 2 is 1.90 bits per heavy atom. The molecule has 2 aromatic carbocycles. The molecule has 0 saturated heterocycles. The number of pyridine rings is 1. The third kappa shape index (κ3) is 2.07. The molecule has 4 aromatic rings. The van der Waals surface area contributed by atoms with E-state index in [0.717, 1.165) is 29.9 Å². The molecule has 0 N–H and O–H groups in total. The fraction of sp³-hybridized carbons (Fsp3) is 0.148. The second-order valence-corrected chi connectivity index (χ2v) is 8.82. The van der Waals surface area contributed by atoms with Gasteiger partial charge in [-0.2, -0.15) is 0 Å². The lowest BCUT2D eigenvalue weighted by Gasteiger charge is -2.31. The Labute approximate surface area is 179 Å². The molecule has 144 valence electrons. The highest BCUT2D eigenvalue weighted by Crippen LogP contribution is 2.49. The molecule has 2 heterocycles. The van der Waals surface area contributed by atoms with Crippen molar-refractivity contribution in [2.24, 2.45) is 0 Å². The maximum absolute atomic E-state index is 6.43. The first-order chi connectivity index (χ1) is 14.8. The minimum Gasteiger partial charge on any atom is -0.291 e. The van der Waals surface area contributed by atoms with Crippen LogP contribution in [-0.4, -0.2) is 9.38 Å². The molecule has 2 aromatic heterocycles. The topological polar surface area (TPSA) is 17.3 Å². The second-order valence-electron chi connectivity index (χ2n) is 8.38. The molecule has 1 unspecified atom stereocenters. The number of imidazole rings is 1. The van der Waals surface area contributed by atoms with Gasteiger partial charge in [0.1, 0.15) is 5.65 Å². The SMILES string of the molecule is Clc1ccc2c(c1)c1ccccc1c1nc3c(n21)C1=C(CCC=C1)C1=CC=CCC13. The van der Waals surface area contributed by atoms with Crippen molar-refractivity contribution >= 4 is 44.5 Å². The summed E-state index contributed by atoms with van der Waals surface area (Å²) in [5.74, 6) is 0.344. The molecule has 7 rings (SSSR count). The van der Waals surface area contributed by atoms with E-state index in [4.69, 9.17) is 16.6 Å². The molecule has 3 aliphatic rings. The molecule has 0 bridgehead atoms. The van der Waals surface area contributed by atoms with Crippen molar-refractivity contribution in [3.05, 3.63) is 100 Å². The van der Waals surface area contributed by atoms with Crippen LogP contribution in [0.3, 0.4) is 0 Å². The molecule has 0 spiro atoms. The Morgan fingerprint density at radius 3 is 2.83 bits per heavy atom. The van der Waals surface area contributed by atoms with E-state index in [-0.39, 0.29) is 0 Å². The van der Waals surface area contributed by atoms with Crippen LogP contribution >= 0.6 is 11.6 Å². The summed E-state index contributed by atoms with van der Waals surface area (Å²) >= 11 is 6.43. The summed E-state index contributed by atoms with van der Waals surface area (Å²) in [6.45, 7) is 0. The summed E-state index contributed by atoms with van der Waals surface area (Å²) in [5, 5.41) is 4.33. The van der Waals surface area contributed by atoms with Crippen LogP contribution in [0.15, 0.2) is 84.0 Å². The Bertz CT molecular complexity index is 1530. The minimum absolute atomic E-state index is 0.344. The summed E-state index contributed by atoms with van der Waals surface area (Å²) < 4.78 is 2.39. The molecular weight excluding hydrogens is 388 g/mol. The fourth-order valence-electron chi connectivity index (χ4n) is 5.57. The molecule has 0 fully saturated rings. The number of hydrogen-bond donors (Lipinski definition) is 0. The molecular formula is C27H19ClN2. The van der Waals surface area contributed by atoms with E-state index in [1.165, 1.54) is 49.8 Å². The number of halogens is 1. The largest absolute Gasteiger partial charge is 0.291 e. The molecule has 30 heavy (non-hydrogen) atoms. The second kappa shape index (κ2) is 5.96. The number of fused-ring (bicyclic) bond motifs is 12. The standard InChI is InChI=1S/C27H19ClN2/c28-16-13-14-24-23(15-16)19-9-3-6-12-22(19)27-29-25-20-10-4-1-7-17(20)18-8-2-5-11-21(18)26(25)30(24)27/h1,3-7,9,11-15,20H,2,8,10H2. The van der Waals surface area contributed by atoms with Gasteiger partial charge in [-0.25, -0.2) is 4.98 Å². The lowest BCUT2D eigenvalue weighted by atomic mass is 9.74. The van der Waals surface area contributed by atoms with Gasteiger partial charge in [0.15, 0.2) is 0 Å². The number of nitrogens with zero attached hydrogens (tertiary/aromatic N) is 2. The van der Waals surface area contributed by atoms with Crippen LogP contribution in [0.2, 0.25) is 5.02 Å². The van der Waals surface area contributed by atoms with E-state index in [0.29, 0.717) is 5.92 Å². The number of hydrogen-bond acceptors (Lipinski definition) is 1. The monoisotopic (exact) mass is 406 g/mol. The van der Waals surface area contributed by atoms with E-state index in [9.17, 15) is 0 Å². The average Bonchev–Trinajstić information content (AvgIpc) is 3.21. The molecule has 0 amide bonds. The van der Waals surface area contributed by atoms with Gasteiger partial charge in [-0.3, -0.25) is 4.40 Å². The van der Waals surface area contributed by atoms with Gasteiger partial charge >= 0.3 is 0 Å². The van der Waals surface area contributed by atoms with E-state index in [1.54, 1.807) is 0 Å². The van der Waals surface area contributed by atoms with Gasteiger partial charge in [0.25, 0.3) is 0 Å². The molecule has 3 heteroatoms.